The molecule has 0 aromatic heterocycles. The van der Waals surface area contributed by atoms with Gasteiger partial charge in [0.15, 0.2) is 11.5 Å². The number of methoxy groups -OCH3 is 2. The zero-order valence-corrected chi connectivity index (χ0v) is 9.28. The van der Waals surface area contributed by atoms with E-state index >= 15 is 0 Å². The van der Waals surface area contributed by atoms with Gasteiger partial charge < -0.3 is 14.6 Å². The molecule has 1 N–H and O–H groups in total. The highest BCUT2D eigenvalue weighted by atomic mass is 19.1. The summed E-state index contributed by atoms with van der Waals surface area (Å²) in [4.78, 5) is 10.8. The number of carbonyl (C=O) groups is 1. The van der Waals surface area contributed by atoms with Crippen molar-refractivity contribution >= 4 is 5.97 Å². The van der Waals surface area contributed by atoms with Gasteiger partial charge in [-0.15, -0.1) is 0 Å². The first kappa shape index (κ1) is 12.3. The molecule has 1 atom stereocenters. The highest BCUT2D eigenvalue weighted by molar-refractivity contribution is 5.89. The van der Waals surface area contributed by atoms with E-state index in [2.05, 4.69) is 0 Å². The van der Waals surface area contributed by atoms with Crippen LogP contribution in [0.25, 0.3) is 0 Å². The first-order chi connectivity index (χ1) is 7.51. The van der Waals surface area contributed by atoms with Gasteiger partial charge in [-0.25, -0.2) is 9.18 Å². The van der Waals surface area contributed by atoms with Crippen LogP contribution in [-0.2, 0) is 0 Å². The van der Waals surface area contributed by atoms with E-state index in [9.17, 15) is 9.18 Å². The second-order valence-electron chi connectivity index (χ2n) is 3.22. The molecule has 16 heavy (non-hydrogen) atoms. The standard InChI is InChI=1S/C11H13FO4/c1-6(12)8-4-7(11(13)14)5-9(15-2)10(8)16-3/h4-6H,1-3H3,(H,13,14). The summed E-state index contributed by atoms with van der Waals surface area (Å²) in [5.74, 6) is -0.702. The first-order valence-electron chi connectivity index (χ1n) is 4.64. The Bertz CT molecular complexity index is 401. The van der Waals surface area contributed by atoms with Crippen LogP contribution in [-0.4, -0.2) is 25.3 Å². The number of carboxylic acid groups (broad SMARTS) is 1. The molecule has 0 bridgehead atoms. The predicted molar refractivity (Wildman–Crippen MR) is 56.0 cm³/mol. The lowest BCUT2D eigenvalue weighted by Crippen LogP contribution is -2.03. The maximum absolute atomic E-state index is 13.3. The van der Waals surface area contributed by atoms with Crippen LogP contribution < -0.4 is 9.47 Å². The maximum atomic E-state index is 13.3. The van der Waals surface area contributed by atoms with E-state index in [0.29, 0.717) is 0 Å². The molecule has 1 aromatic rings. The van der Waals surface area contributed by atoms with Gasteiger partial charge >= 0.3 is 5.97 Å². The number of ether oxygens (including phenoxy) is 2. The molecule has 0 fully saturated rings. The molecule has 0 aliphatic carbocycles. The van der Waals surface area contributed by atoms with Crippen LogP contribution in [0.15, 0.2) is 12.1 Å². The highest BCUT2D eigenvalue weighted by Crippen LogP contribution is 2.37. The van der Waals surface area contributed by atoms with Gasteiger partial charge in [0, 0.05) is 5.56 Å². The summed E-state index contributed by atoms with van der Waals surface area (Å²) in [7, 11) is 2.75. The van der Waals surface area contributed by atoms with Crippen molar-refractivity contribution in [2.45, 2.75) is 13.1 Å². The quantitative estimate of drug-likeness (QED) is 0.859. The van der Waals surface area contributed by atoms with Crippen molar-refractivity contribution in [3.63, 3.8) is 0 Å². The Morgan fingerprint density at radius 2 is 2.00 bits per heavy atom. The minimum Gasteiger partial charge on any atom is -0.493 e. The van der Waals surface area contributed by atoms with Crippen LogP contribution in [0.5, 0.6) is 11.5 Å². The lowest BCUT2D eigenvalue weighted by molar-refractivity contribution is 0.0696. The van der Waals surface area contributed by atoms with Crippen LogP contribution in [0.3, 0.4) is 0 Å². The zero-order valence-electron chi connectivity index (χ0n) is 9.28. The molecule has 0 spiro atoms. The smallest absolute Gasteiger partial charge is 0.335 e. The SMILES string of the molecule is COc1cc(C(=O)O)cc(C(C)F)c1OC. The van der Waals surface area contributed by atoms with E-state index in [1.54, 1.807) is 0 Å². The molecule has 0 aliphatic rings. The second kappa shape index (κ2) is 4.83. The number of rotatable bonds is 4. The fourth-order valence-corrected chi connectivity index (χ4v) is 1.41. The van der Waals surface area contributed by atoms with Crippen molar-refractivity contribution in [1.82, 2.24) is 0 Å². The van der Waals surface area contributed by atoms with Gasteiger partial charge in [0.25, 0.3) is 0 Å². The van der Waals surface area contributed by atoms with Crippen molar-refractivity contribution in [2.24, 2.45) is 0 Å². The average molecular weight is 228 g/mol. The summed E-state index contributed by atoms with van der Waals surface area (Å²) >= 11 is 0. The molecule has 0 radical (unpaired) electrons. The average Bonchev–Trinajstić information content (AvgIpc) is 2.26. The summed E-state index contributed by atoms with van der Waals surface area (Å²) in [5, 5.41) is 8.86. The Labute approximate surface area is 92.6 Å². The number of benzene rings is 1. The van der Waals surface area contributed by atoms with Gasteiger partial charge in [0.1, 0.15) is 6.17 Å². The van der Waals surface area contributed by atoms with E-state index in [1.165, 1.54) is 33.3 Å². The van der Waals surface area contributed by atoms with Gasteiger partial charge in [-0.3, -0.25) is 0 Å². The third-order valence-electron chi connectivity index (χ3n) is 2.18. The molecule has 0 aliphatic heterocycles. The van der Waals surface area contributed by atoms with Gasteiger partial charge in [0.2, 0.25) is 0 Å². The van der Waals surface area contributed by atoms with Gasteiger partial charge in [-0.1, -0.05) is 0 Å². The van der Waals surface area contributed by atoms with Crippen LogP contribution in [0.4, 0.5) is 4.39 Å². The first-order valence-corrected chi connectivity index (χ1v) is 4.64. The second-order valence-corrected chi connectivity index (χ2v) is 3.22. The Morgan fingerprint density at radius 1 is 1.38 bits per heavy atom. The van der Waals surface area contributed by atoms with Crippen molar-refractivity contribution in [1.29, 1.82) is 0 Å². The summed E-state index contributed by atoms with van der Waals surface area (Å²) in [6.45, 7) is 1.31. The summed E-state index contributed by atoms with van der Waals surface area (Å²) < 4.78 is 23.3. The molecule has 0 saturated heterocycles. The van der Waals surface area contributed by atoms with Crippen molar-refractivity contribution in [3.05, 3.63) is 23.3 Å². The fourth-order valence-electron chi connectivity index (χ4n) is 1.41. The number of aromatic carboxylic acids is 1. The van der Waals surface area contributed by atoms with Crippen LogP contribution in [0.2, 0.25) is 0 Å². The largest absolute Gasteiger partial charge is 0.493 e. The normalized spacial score (nSPS) is 12.0. The molecule has 0 saturated carbocycles. The molecule has 5 heteroatoms. The molecule has 1 aromatic carbocycles. The number of carboxylic acids is 1. The zero-order chi connectivity index (χ0) is 12.3. The van der Waals surface area contributed by atoms with Crippen molar-refractivity contribution in [3.8, 4) is 11.5 Å². The Morgan fingerprint density at radius 3 is 2.38 bits per heavy atom. The van der Waals surface area contributed by atoms with Crippen molar-refractivity contribution in [2.75, 3.05) is 14.2 Å². The molecular formula is C11H13FO4. The minimum absolute atomic E-state index is 0.0304. The van der Waals surface area contributed by atoms with Gasteiger partial charge in [0.05, 0.1) is 19.8 Å². The number of alkyl halides is 1. The molecular weight excluding hydrogens is 215 g/mol. The Balaban J connectivity index is 3.43. The minimum atomic E-state index is -1.33. The number of hydrogen-bond donors (Lipinski definition) is 1. The lowest BCUT2D eigenvalue weighted by Gasteiger charge is -2.14. The van der Waals surface area contributed by atoms with Gasteiger partial charge in [-0.05, 0) is 19.1 Å². The Hall–Kier alpha value is -1.78. The monoisotopic (exact) mass is 228 g/mol. The molecule has 0 heterocycles. The maximum Gasteiger partial charge on any atom is 0.335 e. The van der Waals surface area contributed by atoms with Crippen molar-refractivity contribution < 1.29 is 23.8 Å². The molecule has 0 amide bonds. The fraction of sp³-hybridized carbons (Fsp3) is 0.364. The van der Waals surface area contributed by atoms with E-state index < -0.39 is 12.1 Å². The topological polar surface area (TPSA) is 55.8 Å². The summed E-state index contributed by atoms with van der Waals surface area (Å²) in [5.41, 5.74) is 0.136. The molecule has 1 rings (SSSR count). The molecule has 88 valence electrons. The summed E-state index contributed by atoms with van der Waals surface area (Å²) in [6.07, 6.45) is -1.33. The van der Waals surface area contributed by atoms with E-state index in [4.69, 9.17) is 14.6 Å². The van der Waals surface area contributed by atoms with Crippen LogP contribution >= 0.6 is 0 Å². The highest BCUT2D eigenvalue weighted by Gasteiger charge is 2.19. The Kier molecular flexibility index (Phi) is 3.71. The predicted octanol–water partition coefficient (Wildman–Crippen LogP) is 2.43. The van der Waals surface area contributed by atoms with E-state index in [-0.39, 0.29) is 22.6 Å². The van der Waals surface area contributed by atoms with Gasteiger partial charge in [-0.2, -0.15) is 0 Å². The third kappa shape index (κ3) is 2.24. The molecule has 1 unspecified atom stereocenters. The summed E-state index contributed by atoms with van der Waals surface area (Å²) in [6, 6.07) is 2.54. The number of hydrogen-bond acceptors (Lipinski definition) is 3. The third-order valence-corrected chi connectivity index (χ3v) is 2.18. The lowest BCUT2D eigenvalue weighted by atomic mass is 10.1. The molecule has 4 nitrogen and oxygen atoms in total. The van der Waals surface area contributed by atoms with Crippen LogP contribution in [0, 0.1) is 0 Å². The van der Waals surface area contributed by atoms with E-state index in [0.717, 1.165) is 0 Å². The van der Waals surface area contributed by atoms with E-state index in [1.807, 2.05) is 0 Å². The van der Waals surface area contributed by atoms with Crippen LogP contribution in [0.1, 0.15) is 29.0 Å². The number of halogens is 1.